The van der Waals surface area contributed by atoms with Gasteiger partial charge in [-0.2, -0.15) is 13.2 Å². The first-order valence-electron chi connectivity index (χ1n) is 3.98. The monoisotopic (exact) mass is 189 g/mol. The second kappa shape index (κ2) is 3.36. The molecule has 13 heavy (non-hydrogen) atoms. The van der Waals surface area contributed by atoms with E-state index in [-0.39, 0.29) is 0 Å². The molecular formula is C9H10F3N. The van der Waals surface area contributed by atoms with Gasteiger partial charge in [0.25, 0.3) is 0 Å². The molecule has 0 spiro atoms. The Morgan fingerprint density at radius 1 is 1.31 bits per heavy atom. The summed E-state index contributed by atoms with van der Waals surface area (Å²) in [6.45, 7) is 3.41. The number of rotatable bonds is 1. The standard InChI is InChI=1S/C9H10F3N/c1-3-7-4-6(2)5-8(13-7)9(10,11)12/h4-5H,3H2,1-2H3. The number of aromatic nitrogens is 1. The van der Waals surface area contributed by atoms with E-state index in [1.54, 1.807) is 19.9 Å². The van der Waals surface area contributed by atoms with Crippen molar-refractivity contribution in [3.05, 3.63) is 29.1 Å². The topological polar surface area (TPSA) is 12.9 Å². The van der Waals surface area contributed by atoms with Crippen LogP contribution in [0.25, 0.3) is 0 Å². The van der Waals surface area contributed by atoms with Gasteiger partial charge in [-0.15, -0.1) is 0 Å². The summed E-state index contributed by atoms with van der Waals surface area (Å²) >= 11 is 0. The Kier molecular flexibility index (Phi) is 2.59. The van der Waals surface area contributed by atoms with Gasteiger partial charge in [-0.3, -0.25) is 0 Å². The average Bonchev–Trinajstić information content (AvgIpc) is 2.01. The predicted molar refractivity (Wildman–Crippen MR) is 43.4 cm³/mol. The normalized spacial score (nSPS) is 11.8. The molecule has 1 aromatic rings. The number of halogens is 3. The number of hydrogen-bond acceptors (Lipinski definition) is 1. The molecule has 1 heterocycles. The van der Waals surface area contributed by atoms with E-state index >= 15 is 0 Å². The van der Waals surface area contributed by atoms with Crippen molar-refractivity contribution >= 4 is 0 Å². The van der Waals surface area contributed by atoms with E-state index in [4.69, 9.17) is 0 Å². The molecule has 4 heteroatoms. The molecule has 0 bridgehead atoms. The number of nitrogens with zero attached hydrogens (tertiary/aromatic N) is 1. The Hall–Kier alpha value is -1.06. The van der Waals surface area contributed by atoms with E-state index in [1.165, 1.54) is 0 Å². The summed E-state index contributed by atoms with van der Waals surface area (Å²) in [5.74, 6) is 0. The lowest BCUT2D eigenvalue weighted by molar-refractivity contribution is -0.141. The van der Waals surface area contributed by atoms with Crippen molar-refractivity contribution < 1.29 is 13.2 Å². The molecule has 0 aliphatic carbocycles. The van der Waals surface area contributed by atoms with E-state index in [9.17, 15) is 13.2 Å². The summed E-state index contributed by atoms with van der Waals surface area (Å²) in [5, 5.41) is 0. The number of pyridine rings is 1. The van der Waals surface area contributed by atoms with E-state index in [2.05, 4.69) is 4.98 Å². The molecule has 72 valence electrons. The average molecular weight is 189 g/mol. The highest BCUT2D eigenvalue weighted by Crippen LogP contribution is 2.28. The van der Waals surface area contributed by atoms with Crippen LogP contribution in [0.1, 0.15) is 23.9 Å². The molecule has 0 saturated carbocycles. The van der Waals surface area contributed by atoms with Crippen LogP contribution in [0.15, 0.2) is 12.1 Å². The van der Waals surface area contributed by atoms with Crippen molar-refractivity contribution in [2.75, 3.05) is 0 Å². The van der Waals surface area contributed by atoms with Crippen molar-refractivity contribution in [2.24, 2.45) is 0 Å². The second-order valence-corrected chi connectivity index (χ2v) is 2.87. The van der Waals surface area contributed by atoms with Gasteiger partial charge in [0.05, 0.1) is 0 Å². The maximum absolute atomic E-state index is 12.2. The fourth-order valence-electron chi connectivity index (χ4n) is 1.07. The molecule has 0 radical (unpaired) electrons. The Labute approximate surface area is 74.6 Å². The zero-order chi connectivity index (χ0) is 10.1. The van der Waals surface area contributed by atoms with Crippen LogP contribution in [0, 0.1) is 6.92 Å². The first kappa shape index (κ1) is 10.0. The van der Waals surface area contributed by atoms with Crippen molar-refractivity contribution in [2.45, 2.75) is 26.4 Å². The van der Waals surface area contributed by atoms with Crippen LogP contribution in [0.5, 0.6) is 0 Å². The van der Waals surface area contributed by atoms with Crippen LogP contribution in [-0.4, -0.2) is 4.98 Å². The van der Waals surface area contributed by atoms with Crippen LogP contribution in [0.3, 0.4) is 0 Å². The molecule has 0 N–H and O–H groups in total. The summed E-state index contributed by atoms with van der Waals surface area (Å²) in [5.41, 5.74) is 0.274. The van der Waals surface area contributed by atoms with Crippen LogP contribution in [0.4, 0.5) is 13.2 Å². The minimum atomic E-state index is -4.34. The Balaban J connectivity index is 3.16. The molecular weight excluding hydrogens is 179 g/mol. The first-order chi connectivity index (χ1) is 5.93. The predicted octanol–water partition coefficient (Wildman–Crippen LogP) is 2.97. The maximum Gasteiger partial charge on any atom is 0.433 e. The quantitative estimate of drug-likeness (QED) is 0.661. The minimum Gasteiger partial charge on any atom is -0.248 e. The van der Waals surface area contributed by atoms with Crippen LogP contribution in [0.2, 0.25) is 0 Å². The van der Waals surface area contributed by atoms with Gasteiger partial charge in [-0.1, -0.05) is 6.92 Å². The lowest BCUT2D eigenvalue weighted by atomic mass is 10.2. The highest BCUT2D eigenvalue weighted by molar-refractivity contribution is 5.21. The Morgan fingerprint density at radius 2 is 1.92 bits per heavy atom. The van der Waals surface area contributed by atoms with Crippen LogP contribution >= 0.6 is 0 Å². The molecule has 1 nitrogen and oxygen atoms in total. The summed E-state index contributed by atoms with van der Waals surface area (Å²) in [6, 6.07) is 2.72. The molecule has 1 rings (SSSR count). The van der Waals surface area contributed by atoms with E-state index in [0.717, 1.165) is 6.07 Å². The minimum absolute atomic E-state index is 0.479. The molecule has 1 aromatic heterocycles. The fourth-order valence-corrected chi connectivity index (χ4v) is 1.07. The van der Waals surface area contributed by atoms with Gasteiger partial charge < -0.3 is 0 Å². The maximum atomic E-state index is 12.2. The van der Waals surface area contributed by atoms with E-state index < -0.39 is 11.9 Å². The van der Waals surface area contributed by atoms with E-state index in [1.807, 2.05) is 0 Å². The van der Waals surface area contributed by atoms with Crippen LogP contribution < -0.4 is 0 Å². The molecule has 0 aliphatic rings. The summed E-state index contributed by atoms with van der Waals surface area (Å²) < 4.78 is 36.7. The van der Waals surface area contributed by atoms with Crippen LogP contribution in [-0.2, 0) is 12.6 Å². The SMILES string of the molecule is CCc1cc(C)cc(C(F)(F)F)n1. The molecule has 0 aromatic carbocycles. The van der Waals surface area contributed by atoms with Gasteiger partial charge in [-0.25, -0.2) is 4.98 Å². The highest BCUT2D eigenvalue weighted by Gasteiger charge is 2.32. The number of hydrogen-bond donors (Lipinski definition) is 0. The second-order valence-electron chi connectivity index (χ2n) is 2.87. The van der Waals surface area contributed by atoms with Crippen molar-refractivity contribution in [3.8, 4) is 0 Å². The lowest BCUT2D eigenvalue weighted by Crippen LogP contribution is -2.09. The molecule has 0 fully saturated rings. The first-order valence-corrected chi connectivity index (χ1v) is 3.98. The van der Waals surface area contributed by atoms with Gasteiger partial charge in [0.1, 0.15) is 5.69 Å². The van der Waals surface area contributed by atoms with Crippen molar-refractivity contribution in [3.63, 3.8) is 0 Å². The third-order valence-corrected chi connectivity index (χ3v) is 1.68. The van der Waals surface area contributed by atoms with Crippen molar-refractivity contribution in [1.29, 1.82) is 0 Å². The summed E-state index contributed by atoms with van der Waals surface area (Å²) in [4.78, 5) is 3.50. The van der Waals surface area contributed by atoms with E-state index in [0.29, 0.717) is 17.7 Å². The Morgan fingerprint density at radius 3 is 2.38 bits per heavy atom. The highest BCUT2D eigenvalue weighted by atomic mass is 19.4. The third kappa shape index (κ3) is 2.44. The smallest absolute Gasteiger partial charge is 0.248 e. The molecule has 0 atom stereocenters. The summed E-state index contributed by atoms with van der Waals surface area (Å²) in [6.07, 6.45) is -3.82. The summed E-state index contributed by atoms with van der Waals surface area (Å²) in [7, 11) is 0. The zero-order valence-electron chi connectivity index (χ0n) is 7.44. The third-order valence-electron chi connectivity index (χ3n) is 1.68. The van der Waals surface area contributed by atoms with Crippen molar-refractivity contribution in [1.82, 2.24) is 4.98 Å². The van der Waals surface area contributed by atoms with Gasteiger partial charge >= 0.3 is 6.18 Å². The van der Waals surface area contributed by atoms with Gasteiger partial charge in [0.15, 0.2) is 0 Å². The number of alkyl halides is 3. The lowest BCUT2D eigenvalue weighted by Gasteiger charge is -2.08. The van der Waals surface area contributed by atoms with Gasteiger partial charge in [0, 0.05) is 5.69 Å². The zero-order valence-corrected chi connectivity index (χ0v) is 7.44. The van der Waals surface area contributed by atoms with Gasteiger partial charge in [0.2, 0.25) is 0 Å². The molecule has 0 saturated heterocycles. The largest absolute Gasteiger partial charge is 0.433 e. The molecule has 0 amide bonds. The Bertz CT molecular complexity index is 304. The fraction of sp³-hybridized carbons (Fsp3) is 0.444. The molecule has 0 aliphatic heterocycles. The molecule has 0 unspecified atom stereocenters. The number of aryl methyl sites for hydroxylation is 2. The van der Waals surface area contributed by atoms with Gasteiger partial charge in [-0.05, 0) is 31.0 Å².